The summed E-state index contributed by atoms with van der Waals surface area (Å²) in [6.45, 7) is 24.6. The molecule has 1 aromatic carbocycles. The normalized spacial score (nSPS) is 23.3. The number of H-pyrrole nitrogens is 1. The van der Waals surface area contributed by atoms with Crippen LogP contribution in [0.25, 0.3) is 16.5 Å². The topological polar surface area (TPSA) is 78.7 Å². The molecule has 0 bridgehead atoms. The quantitative estimate of drug-likeness (QED) is 0.565. The fourth-order valence-electron chi connectivity index (χ4n) is 4.48. The number of benzene rings is 1. The molecule has 0 spiro atoms. The molecule has 2 aliphatic rings. The Kier molecular flexibility index (Phi) is 5.04. The van der Waals surface area contributed by atoms with Crippen molar-refractivity contribution in [2.45, 2.75) is 91.6 Å². The van der Waals surface area contributed by atoms with Gasteiger partial charge in [-0.25, -0.2) is 0 Å². The van der Waals surface area contributed by atoms with Crippen LogP contribution in [0.4, 0.5) is 5.69 Å². The van der Waals surface area contributed by atoms with Crippen molar-refractivity contribution in [1.82, 2.24) is 4.98 Å². The van der Waals surface area contributed by atoms with Crippen LogP contribution in [0.3, 0.4) is 0 Å². The zero-order valence-corrected chi connectivity index (χ0v) is 21.1. The maximum absolute atomic E-state index is 6.89. The molecule has 0 atom stereocenters. The van der Waals surface area contributed by atoms with Crippen molar-refractivity contribution in [3.8, 4) is 0 Å². The summed E-state index contributed by atoms with van der Waals surface area (Å²) in [6.07, 6.45) is 1.98. The Morgan fingerprint density at radius 2 is 1.25 bits per heavy atom. The van der Waals surface area contributed by atoms with Crippen LogP contribution in [0.2, 0.25) is 0 Å². The summed E-state index contributed by atoms with van der Waals surface area (Å²) in [5.74, 6) is 0. The first-order chi connectivity index (χ1) is 14.5. The van der Waals surface area contributed by atoms with Gasteiger partial charge in [0.05, 0.1) is 22.4 Å². The zero-order chi connectivity index (χ0) is 24.0. The molecule has 0 radical (unpaired) electrons. The Labute approximate surface area is 192 Å². The van der Waals surface area contributed by atoms with E-state index in [-0.39, 0.29) is 0 Å². The van der Waals surface area contributed by atoms with Crippen molar-refractivity contribution in [1.29, 1.82) is 0 Å². The number of aromatic nitrogens is 1. The van der Waals surface area contributed by atoms with Gasteiger partial charge in [-0.3, -0.25) is 0 Å². The van der Waals surface area contributed by atoms with Crippen LogP contribution in [-0.4, -0.2) is 41.6 Å². The number of fused-ring (bicyclic) bond motifs is 1. The van der Waals surface area contributed by atoms with Gasteiger partial charge in [0, 0.05) is 39.3 Å². The summed E-state index contributed by atoms with van der Waals surface area (Å²) in [5, 5.41) is 0.982. The Bertz CT molecular complexity index is 1090. The van der Waals surface area contributed by atoms with Crippen molar-refractivity contribution < 1.29 is 18.6 Å². The number of rotatable bonds is 3. The molecule has 3 N–H and O–H groups in total. The van der Waals surface area contributed by atoms with Gasteiger partial charge in [-0.05, 0) is 80.4 Å². The first-order valence-corrected chi connectivity index (χ1v) is 11.3. The summed E-state index contributed by atoms with van der Waals surface area (Å²) in [4.78, 5) is 3.45. The summed E-state index contributed by atoms with van der Waals surface area (Å²) >= 11 is 0. The van der Waals surface area contributed by atoms with Crippen LogP contribution in [0.1, 0.15) is 73.4 Å². The molecule has 172 valence electrons. The van der Waals surface area contributed by atoms with Gasteiger partial charge in [0.1, 0.15) is 0 Å². The number of aromatic amines is 1. The molecule has 2 aromatic rings. The Balaban J connectivity index is 1.99. The zero-order valence-electron chi connectivity index (χ0n) is 21.1. The minimum absolute atomic E-state index is 0.475. The molecule has 0 unspecified atom stereocenters. The van der Waals surface area contributed by atoms with E-state index in [0.29, 0.717) is 5.69 Å². The van der Waals surface area contributed by atoms with E-state index >= 15 is 0 Å². The van der Waals surface area contributed by atoms with Gasteiger partial charge in [0.2, 0.25) is 0 Å². The average molecular weight is 438 g/mol. The van der Waals surface area contributed by atoms with Gasteiger partial charge in [0.25, 0.3) is 0 Å². The molecule has 1 aromatic heterocycles. The maximum atomic E-state index is 6.89. The summed E-state index contributed by atoms with van der Waals surface area (Å²) in [7, 11) is -1.18. The highest BCUT2D eigenvalue weighted by molar-refractivity contribution is 6.71. The second-order valence-electron chi connectivity index (χ2n) is 11.3. The van der Waals surface area contributed by atoms with Gasteiger partial charge in [-0.2, -0.15) is 0 Å². The van der Waals surface area contributed by atoms with Crippen LogP contribution in [0.15, 0.2) is 12.8 Å². The number of aryl methyl sites for hydroxylation is 1. The molecule has 0 saturated carbocycles. The van der Waals surface area contributed by atoms with Gasteiger partial charge in [-0.15, -0.1) is 0 Å². The molecule has 32 heavy (non-hydrogen) atoms. The van der Waals surface area contributed by atoms with Crippen molar-refractivity contribution in [3.05, 3.63) is 23.9 Å². The van der Waals surface area contributed by atoms with Crippen LogP contribution >= 0.6 is 0 Å². The first kappa shape index (κ1) is 23.4. The third-order valence-electron chi connectivity index (χ3n) is 7.85. The fraction of sp³-hybridized carbons (Fsp3) is 0.583. The number of hydrogen-bond donors (Lipinski definition) is 2. The lowest BCUT2D eigenvalue weighted by atomic mass is 9.66. The van der Waals surface area contributed by atoms with E-state index in [2.05, 4.69) is 18.5 Å². The second kappa shape index (κ2) is 6.89. The molecular weight excluding hydrogens is 402 g/mol. The maximum Gasteiger partial charge on any atom is 0.497 e. The predicted molar refractivity (Wildman–Crippen MR) is 134 cm³/mol. The van der Waals surface area contributed by atoms with Crippen LogP contribution in [0, 0.1) is 6.92 Å². The number of anilines is 1. The Hall–Kier alpha value is -1.73. The smallest absolute Gasteiger partial charge is 0.399 e. The highest BCUT2D eigenvalue weighted by Gasteiger charge is 2.55. The molecule has 0 aliphatic carbocycles. The van der Waals surface area contributed by atoms with Crippen molar-refractivity contribution >= 4 is 47.3 Å². The lowest BCUT2D eigenvalue weighted by molar-refractivity contribution is 0.00578. The second-order valence-corrected chi connectivity index (χ2v) is 11.3. The Morgan fingerprint density at radius 3 is 1.66 bits per heavy atom. The summed E-state index contributed by atoms with van der Waals surface area (Å²) in [5.41, 5.74) is 10.9. The molecule has 6 nitrogen and oxygen atoms in total. The molecule has 8 heteroatoms. The molecular formula is C24H36B2N2O4. The third-order valence-corrected chi connectivity index (χ3v) is 7.85. The first-order valence-electron chi connectivity index (χ1n) is 11.3. The summed E-state index contributed by atoms with van der Waals surface area (Å²) < 4.78 is 25.7. The minimum atomic E-state index is -0.595. The number of hydrogen-bond acceptors (Lipinski definition) is 5. The molecule has 2 aliphatic heterocycles. The van der Waals surface area contributed by atoms with E-state index in [4.69, 9.17) is 24.4 Å². The van der Waals surface area contributed by atoms with E-state index < -0.39 is 36.6 Å². The van der Waals surface area contributed by atoms with Crippen molar-refractivity contribution in [2.75, 3.05) is 5.73 Å². The van der Waals surface area contributed by atoms with Crippen LogP contribution in [-0.2, 0) is 18.6 Å². The standard InChI is InChI=1S/C24H36B2N2O4/c1-13(2)15-18(26-31-23(8,9)24(10,11)32-26)20-16(14(3)12-28-20)17(19(15)27)25-29-21(4,5)22(6,7)30-25/h12,28H,1,27H2,2-11H3. The third kappa shape index (κ3) is 3.18. The van der Waals surface area contributed by atoms with Gasteiger partial charge >= 0.3 is 14.2 Å². The Morgan fingerprint density at radius 1 is 0.844 bits per heavy atom. The highest BCUT2D eigenvalue weighted by atomic mass is 16.7. The van der Waals surface area contributed by atoms with Crippen LogP contribution in [0.5, 0.6) is 0 Å². The molecule has 0 amide bonds. The molecule has 3 heterocycles. The van der Waals surface area contributed by atoms with Crippen molar-refractivity contribution in [2.24, 2.45) is 0 Å². The fourth-order valence-corrected chi connectivity index (χ4v) is 4.48. The lowest BCUT2D eigenvalue weighted by Crippen LogP contribution is -2.43. The average Bonchev–Trinajstić information content (AvgIpc) is 3.16. The summed E-state index contributed by atoms with van der Waals surface area (Å²) in [6, 6.07) is 0. The highest BCUT2D eigenvalue weighted by Crippen LogP contribution is 2.41. The largest absolute Gasteiger partial charge is 0.497 e. The van der Waals surface area contributed by atoms with E-state index in [1.165, 1.54) is 0 Å². The molecule has 4 rings (SSSR count). The van der Waals surface area contributed by atoms with Gasteiger partial charge in [-0.1, -0.05) is 6.58 Å². The van der Waals surface area contributed by atoms with E-state index in [9.17, 15) is 0 Å². The number of nitrogens with two attached hydrogens (primary N) is 1. The predicted octanol–water partition coefficient (Wildman–Crippen LogP) is 3.69. The van der Waals surface area contributed by atoms with Gasteiger partial charge in [0.15, 0.2) is 0 Å². The van der Waals surface area contributed by atoms with E-state index in [1.807, 2.05) is 68.5 Å². The number of nitrogen functional groups attached to an aromatic ring is 1. The number of nitrogens with one attached hydrogen (secondary N) is 1. The SMILES string of the molecule is C=C(C)c1c(N)c(B2OC(C)(C)C(C)(C)O2)c2c(C)c[nH]c2c1B1OC(C)(C)C(C)(C)O1. The van der Waals surface area contributed by atoms with E-state index in [1.54, 1.807) is 0 Å². The lowest BCUT2D eigenvalue weighted by Gasteiger charge is -2.32. The van der Waals surface area contributed by atoms with Crippen molar-refractivity contribution in [3.63, 3.8) is 0 Å². The number of allylic oxidation sites excluding steroid dienone is 1. The minimum Gasteiger partial charge on any atom is -0.399 e. The monoisotopic (exact) mass is 438 g/mol. The van der Waals surface area contributed by atoms with E-state index in [0.717, 1.165) is 38.5 Å². The van der Waals surface area contributed by atoms with Crippen LogP contribution < -0.4 is 16.7 Å². The molecule has 2 saturated heterocycles. The molecule has 2 fully saturated rings. The van der Waals surface area contributed by atoms with Gasteiger partial charge < -0.3 is 29.3 Å².